The highest BCUT2D eigenvalue weighted by molar-refractivity contribution is 6.33. The lowest BCUT2D eigenvalue weighted by Gasteiger charge is -2.44. The molecule has 2 fully saturated rings. The Morgan fingerprint density at radius 3 is 2.80 bits per heavy atom. The molecule has 0 radical (unpaired) electrons. The van der Waals surface area contributed by atoms with Crippen LogP contribution < -0.4 is 10.5 Å². The molecule has 0 saturated carbocycles. The standard InChI is InChI=1S/C19H23ClN4O/c20-18-17(23-11-10-22-9-5-4-8-16(22)14-23)12-21-24(19(18)25)13-15-6-2-1-3-7-15/h1-3,6-7,12,16H,4-5,8-11,13-14H2. The summed E-state index contributed by atoms with van der Waals surface area (Å²) in [6, 6.07) is 10.4. The SMILES string of the molecule is O=c1c(Cl)c(N2CCN3CCCCC3C2)cnn1Cc1ccccc1. The molecule has 0 amide bonds. The number of rotatable bonds is 3. The van der Waals surface area contributed by atoms with Crippen molar-refractivity contribution >= 4 is 17.3 Å². The number of hydrogen-bond acceptors (Lipinski definition) is 4. The molecular formula is C19H23ClN4O. The molecule has 0 N–H and O–H groups in total. The number of hydrogen-bond donors (Lipinski definition) is 0. The van der Waals surface area contributed by atoms with E-state index in [1.807, 2.05) is 30.3 Å². The quantitative estimate of drug-likeness (QED) is 0.845. The molecule has 0 aliphatic carbocycles. The first-order chi connectivity index (χ1) is 12.2. The summed E-state index contributed by atoms with van der Waals surface area (Å²) in [5, 5.41) is 4.67. The second kappa shape index (κ2) is 7.18. The molecule has 6 heteroatoms. The molecule has 4 rings (SSSR count). The zero-order chi connectivity index (χ0) is 17.2. The lowest BCUT2D eigenvalue weighted by Crippen LogP contribution is -2.55. The highest BCUT2D eigenvalue weighted by Crippen LogP contribution is 2.27. The monoisotopic (exact) mass is 358 g/mol. The van der Waals surface area contributed by atoms with E-state index in [1.165, 1.54) is 30.5 Å². The first-order valence-corrected chi connectivity index (χ1v) is 9.39. The van der Waals surface area contributed by atoms with Crippen LogP contribution >= 0.6 is 11.6 Å². The molecule has 3 heterocycles. The van der Waals surface area contributed by atoms with Gasteiger partial charge in [0.1, 0.15) is 5.02 Å². The van der Waals surface area contributed by atoms with Crippen molar-refractivity contribution in [2.45, 2.75) is 31.8 Å². The van der Waals surface area contributed by atoms with Gasteiger partial charge in [0.25, 0.3) is 5.56 Å². The Bertz CT molecular complexity index is 792. The predicted molar refractivity (Wildman–Crippen MR) is 100 cm³/mol. The summed E-state index contributed by atoms with van der Waals surface area (Å²) >= 11 is 6.44. The minimum atomic E-state index is -0.214. The van der Waals surface area contributed by atoms with E-state index in [9.17, 15) is 4.79 Å². The van der Waals surface area contributed by atoms with Gasteiger partial charge in [-0.05, 0) is 24.9 Å². The number of fused-ring (bicyclic) bond motifs is 1. The summed E-state index contributed by atoms with van der Waals surface area (Å²) in [5.41, 5.74) is 1.60. The van der Waals surface area contributed by atoms with Crippen LogP contribution in [0, 0.1) is 0 Å². The van der Waals surface area contributed by atoms with Gasteiger partial charge < -0.3 is 4.90 Å². The van der Waals surface area contributed by atoms with Gasteiger partial charge >= 0.3 is 0 Å². The average Bonchev–Trinajstić information content (AvgIpc) is 2.66. The number of anilines is 1. The second-order valence-electron chi connectivity index (χ2n) is 6.92. The first kappa shape index (κ1) is 16.6. The molecule has 0 spiro atoms. The van der Waals surface area contributed by atoms with Crippen LogP contribution in [0.5, 0.6) is 0 Å². The van der Waals surface area contributed by atoms with Crippen molar-refractivity contribution in [3.05, 3.63) is 57.5 Å². The third-order valence-corrected chi connectivity index (χ3v) is 5.67. The Hall–Kier alpha value is -1.85. The van der Waals surface area contributed by atoms with Gasteiger partial charge in [-0.15, -0.1) is 0 Å². The number of piperazine rings is 1. The van der Waals surface area contributed by atoms with Gasteiger partial charge in [0.2, 0.25) is 0 Å². The van der Waals surface area contributed by atoms with Crippen LogP contribution in [0.2, 0.25) is 5.02 Å². The maximum Gasteiger partial charge on any atom is 0.287 e. The van der Waals surface area contributed by atoms with Crippen molar-refractivity contribution in [2.75, 3.05) is 31.1 Å². The molecular weight excluding hydrogens is 336 g/mol. The van der Waals surface area contributed by atoms with Gasteiger partial charge in [-0.2, -0.15) is 5.10 Å². The number of halogens is 1. The van der Waals surface area contributed by atoms with E-state index < -0.39 is 0 Å². The average molecular weight is 359 g/mol. The number of nitrogens with zero attached hydrogens (tertiary/aromatic N) is 4. The molecule has 0 bridgehead atoms. The van der Waals surface area contributed by atoms with Gasteiger partial charge in [0, 0.05) is 25.7 Å². The smallest absolute Gasteiger partial charge is 0.287 e. The fourth-order valence-corrected chi connectivity index (χ4v) is 4.19. The third kappa shape index (κ3) is 3.44. The predicted octanol–water partition coefficient (Wildman–Crippen LogP) is 2.62. The fourth-order valence-electron chi connectivity index (χ4n) is 3.92. The minimum absolute atomic E-state index is 0.214. The lowest BCUT2D eigenvalue weighted by molar-refractivity contribution is 0.133. The summed E-state index contributed by atoms with van der Waals surface area (Å²) < 4.78 is 1.44. The number of benzene rings is 1. The highest BCUT2D eigenvalue weighted by atomic mass is 35.5. The largest absolute Gasteiger partial charge is 0.366 e. The Morgan fingerprint density at radius 1 is 1.12 bits per heavy atom. The van der Waals surface area contributed by atoms with E-state index in [-0.39, 0.29) is 10.6 Å². The molecule has 2 aromatic rings. The molecule has 25 heavy (non-hydrogen) atoms. The van der Waals surface area contributed by atoms with Crippen molar-refractivity contribution in [1.29, 1.82) is 0 Å². The number of aromatic nitrogens is 2. The maximum absolute atomic E-state index is 12.7. The van der Waals surface area contributed by atoms with Gasteiger partial charge in [-0.25, -0.2) is 4.68 Å². The van der Waals surface area contributed by atoms with E-state index in [4.69, 9.17) is 11.6 Å². The van der Waals surface area contributed by atoms with Crippen LogP contribution in [0.3, 0.4) is 0 Å². The van der Waals surface area contributed by atoms with Crippen molar-refractivity contribution in [2.24, 2.45) is 0 Å². The minimum Gasteiger partial charge on any atom is -0.366 e. The third-order valence-electron chi connectivity index (χ3n) is 5.32. The van der Waals surface area contributed by atoms with E-state index in [1.54, 1.807) is 6.20 Å². The summed E-state index contributed by atoms with van der Waals surface area (Å²) in [6.07, 6.45) is 5.58. The molecule has 5 nitrogen and oxygen atoms in total. The van der Waals surface area contributed by atoms with E-state index >= 15 is 0 Å². The van der Waals surface area contributed by atoms with Crippen molar-refractivity contribution in [3.8, 4) is 0 Å². The maximum atomic E-state index is 12.7. The molecule has 1 aromatic heterocycles. The normalized spacial score (nSPS) is 21.2. The van der Waals surface area contributed by atoms with Crippen LogP contribution in [0.1, 0.15) is 24.8 Å². The summed E-state index contributed by atoms with van der Waals surface area (Å²) in [6.45, 7) is 4.51. The molecule has 1 unspecified atom stereocenters. The Kier molecular flexibility index (Phi) is 4.77. The number of piperidine rings is 1. The molecule has 2 saturated heterocycles. The first-order valence-electron chi connectivity index (χ1n) is 9.01. The van der Waals surface area contributed by atoms with E-state index in [0.29, 0.717) is 12.6 Å². The van der Waals surface area contributed by atoms with Gasteiger partial charge in [-0.3, -0.25) is 9.69 Å². The molecule has 132 valence electrons. The summed E-state index contributed by atoms with van der Waals surface area (Å²) in [4.78, 5) is 17.5. The molecule has 1 atom stereocenters. The summed E-state index contributed by atoms with van der Waals surface area (Å²) in [5.74, 6) is 0. The van der Waals surface area contributed by atoms with Crippen LogP contribution in [-0.4, -0.2) is 46.9 Å². The molecule has 2 aliphatic heterocycles. The fraction of sp³-hybridized carbons (Fsp3) is 0.474. The Morgan fingerprint density at radius 2 is 1.96 bits per heavy atom. The van der Waals surface area contributed by atoms with Crippen molar-refractivity contribution < 1.29 is 0 Å². The van der Waals surface area contributed by atoms with E-state index in [2.05, 4.69) is 14.9 Å². The topological polar surface area (TPSA) is 41.4 Å². The van der Waals surface area contributed by atoms with Crippen LogP contribution in [0.15, 0.2) is 41.3 Å². The summed E-state index contributed by atoms with van der Waals surface area (Å²) in [7, 11) is 0. The van der Waals surface area contributed by atoms with Gasteiger partial charge in [0.15, 0.2) is 0 Å². The Labute approximate surface area is 152 Å². The molecule has 1 aromatic carbocycles. The van der Waals surface area contributed by atoms with Crippen LogP contribution in [0.25, 0.3) is 0 Å². The zero-order valence-electron chi connectivity index (χ0n) is 14.3. The van der Waals surface area contributed by atoms with Crippen LogP contribution in [0.4, 0.5) is 5.69 Å². The van der Waals surface area contributed by atoms with Gasteiger partial charge in [0.05, 0.1) is 18.4 Å². The highest BCUT2D eigenvalue weighted by Gasteiger charge is 2.30. The van der Waals surface area contributed by atoms with Gasteiger partial charge in [-0.1, -0.05) is 48.4 Å². The van der Waals surface area contributed by atoms with Crippen molar-refractivity contribution in [1.82, 2.24) is 14.7 Å². The molecule has 2 aliphatic rings. The van der Waals surface area contributed by atoms with Crippen LogP contribution in [-0.2, 0) is 6.54 Å². The van der Waals surface area contributed by atoms with E-state index in [0.717, 1.165) is 30.9 Å². The van der Waals surface area contributed by atoms with Crippen molar-refractivity contribution in [3.63, 3.8) is 0 Å². The second-order valence-corrected chi connectivity index (χ2v) is 7.30. The Balaban J connectivity index is 1.55. The lowest BCUT2D eigenvalue weighted by atomic mass is 9.99. The zero-order valence-corrected chi connectivity index (χ0v) is 15.0.